The van der Waals surface area contributed by atoms with Gasteiger partial charge in [0.2, 0.25) is 5.95 Å². The maximum absolute atomic E-state index is 13.6. The molecule has 4 rings (SSSR count). The van der Waals surface area contributed by atoms with Crippen LogP contribution < -0.4 is 5.48 Å². The number of benzene rings is 1. The second-order valence-corrected chi connectivity index (χ2v) is 12.9. The van der Waals surface area contributed by atoms with Crippen molar-refractivity contribution in [2.75, 3.05) is 11.7 Å². The molecule has 4 aromatic rings. The Hall–Kier alpha value is -3.31. The summed E-state index contributed by atoms with van der Waals surface area (Å²) in [6, 6.07) is 9.71. The van der Waals surface area contributed by atoms with Crippen molar-refractivity contribution in [1.29, 1.82) is 0 Å². The SMILES string of the molecule is C[C@@H](n1c(NOS(C)(=O)=O)nc2ccc(-c3[nH]c(C(C)(C)C)nc3-c3ccc(F)cc3)nc21)C(C)(C)C. The first-order chi connectivity index (χ1) is 17.0. The van der Waals surface area contributed by atoms with Gasteiger partial charge in [-0.1, -0.05) is 41.5 Å². The maximum Gasteiger partial charge on any atom is 0.285 e. The molecule has 0 aliphatic carbocycles. The summed E-state index contributed by atoms with van der Waals surface area (Å²) in [6.07, 6.45) is 0.957. The Morgan fingerprint density at radius 2 is 1.65 bits per heavy atom. The van der Waals surface area contributed by atoms with E-state index >= 15 is 0 Å². The van der Waals surface area contributed by atoms with Gasteiger partial charge in [0.1, 0.15) is 17.2 Å². The molecule has 0 unspecified atom stereocenters. The first-order valence-corrected chi connectivity index (χ1v) is 13.8. The van der Waals surface area contributed by atoms with Crippen LogP contribution in [0, 0.1) is 11.2 Å². The van der Waals surface area contributed by atoms with Crippen molar-refractivity contribution in [3.05, 3.63) is 48.0 Å². The Morgan fingerprint density at radius 1 is 1.00 bits per heavy atom. The molecule has 37 heavy (non-hydrogen) atoms. The lowest BCUT2D eigenvalue weighted by atomic mass is 9.88. The number of nitrogens with zero attached hydrogens (tertiary/aromatic N) is 4. The van der Waals surface area contributed by atoms with Crippen LogP contribution >= 0.6 is 0 Å². The normalized spacial score (nSPS) is 13.8. The molecule has 0 aliphatic heterocycles. The number of rotatable bonds is 6. The summed E-state index contributed by atoms with van der Waals surface area (Å²) >= 11 is 0. The fourth-order valence-corrected chi connectivity index (χ4v) is 4.01. The summed E-state index contributed by atoms with van der Waals surface area (Å²) in [5.41, 5.74) is 5.86. The predicted octanol–water partition coefficient (Wildman–Crippen LogP) is 5.84. The molecule has 0 saturated heterocycles. The first kappa shape index (κ1) is 26.7. The van der Waals surface area contributed by atoms with Crippen molar-refractivity contribution in [3.63, 3.8) is 0 Å². The van der Waals surface area contributed by atoms with Crippen LogP contribution in [0.15, 0.2) is 36.4 Å². The summed E-state index contributed by atoms with van der Waals surface area (Å²) in [6.45, 7) is 14.4. The van der Waals surface area contributed by atoms with Gasteiger partial charge in [0.05, 0.1) is 23.3 Å². The molecule has 11 heteroatoms. The maximum atomic E-state index is 13.6. The third-order valence-corrected chi connectivity index (χ3v) is 6.64. The highest BCUT2D eigenvalue weighted by molar-refractivity contribution is 7.86. The fourth-order valence-electron chi connectivity index (χ4n) is 3.78. The number of H-pyrrole nitrogens is 1. The number of aromatic amines is 1. The van der Waals surface area contributed by atoms with Crippen molar-refractivity contribution in [3.8, 4) is 22.6 Å². The third kappa shape index (κ3) is 5.67. The molecule has 3 heterocycles. The van der Waals surface area contributed by atoms with E-state index in [0.29, 0.717) is 28.2 Å². The van der Waals surface area contributed by atoms with Crippen LogP contribution in [0.3, 0.4) is 0 Å². The average molecular weight is 529 g/mol. The first-order valence-electron chi connectivity index (χ1n) is 11.9. The smallest absolute Gasteiger partial charge is 0.285 e. The number of hydrogen-bond donors (Lipinski definition) is 2. The number of anilines is 1. The lowest BCUT2D eigenvalue weighted by Crippen LogP contribution is -2.24. The predicted molar refractivity (Wildman–Crippen MR) is 143 cm³/mol. The molecule has 2 N–H and O–H groups in total. The molecule has 0 radical (unpaired) electrons. The molecule has 1 atom stereocenters. The number of aromatic nitrogens is 5. The van der Waals surface area contributed by atoms with Gasteiger partial charge in [0.15, 0.2) is 5.65 Å². The van der Waals surface area contributed by atoms with E-state index in [2.05, 4.69) is 57.0 Å². The Labute approximate surface area is 216 Å². The molecule has 9 nitrogen and oxygen atoms in total. The molecule has 0 amide bonds. The van der Waals surface area contributed by atoms with Crippen molar-refractivity contribution >= 4 is 27.2 Å². The Morgan fingerprint density at radius 3 is 2.22 bits per heavy atom. The molecule has 0 saturated carbocycles. The number of fused-ring (bicyclic) bond motifs is 1. The minimum atomic E-state index is -3.76. The van der Waals surface area contributed by atoms with Crippen LogP contribution in [-0.4, -0.2) is 39.2 Å². The van der Waals surface area contributed by atoms with E-state index < -0.39 is 10.1 Å². The highest BCUT2D eigenvalue weighted by Gasteiger charge is 2.29. The zero-order valence-electron chi connectivity index (χ0n) is 22.3. The molecule has 198 valence electrons. The number of imidazole rings is 2. The van der Waals surface area contributed by atoms with Crippen molar-refractivity contribution in [1.82, 2.24) is 24.5 Å². The van der Waals surface area contributed by atoms with Crippen LogP contribution in [-0.2, 0) is 19.8 Å². The van der Waals surface area contributed by atoms with Crippen molar-refractivity contribution in [2.45, 2.75) is 59.9 Å². The van der Waals surface area contributed by atoms with E-state index in [1.807, 2.05) is 23.6 Å². The summed E-state index contributed by atoms with van der Waals surface area (Å²) in [5.74, 6) is 0.670. The van der Waals surface area contributed by atoms with Crippen LogP contribution in [0.2, 0.25) is 0 Å². The van der Waals surface area contributed by atoms with Gasteiger partial charge in [-0.2, -0.15) is 8.42 Å². The lowest BCUT2D eigenvalue weighted by Gasteiger charge is -2.29. The monoisotopic (exact) mass is 528 g/mol. The summed E-state index contributed by atoms with van der Waals surface area (Å²) < 4.78 is 43.6. The Kier molecular flexibility index (Phi) is 6.66. The number of hydrogen-bond acceptors (Lipinski definition) is 7. The van der Waals surface area contributed by atoms with Crippen LogP contribution in [0.1, 0.15) is 60.3 Å². The molecule has 0 spiro atoms. The third-order valence-electron chi connectivity index (χ3n) is 6.25. The fraction of sp³-hybridized carbons (Fsp3) is 0.423. The van der Waals surface area contributed by atoms with Gasteiger partial charge in [-0.15, -0.1) is 4.28 Å². The second kappa shape index (κ2) is 9.21. The van der Waals surface area contributed by atoms with Gasteiger partial charge in [-0.05, 0) is 48.7 Å². The van der Waals surface area contributed by atoms with Crippen LogP contribution in [0.4, 0.5) is 10.3 Å². The quantitative estimate of drug-likeness (QED) is 0.302. The molecule has 0 fully saturated rings. The van der Waals surface area contributed by atoms with E-state index in [1.54, 1.807) is 12.1 Å². The van der Waals surface area contributed by atoms with Gasteiger partial charge in [-0.25, -0.2) is 24.8 Å². The minimum absolute atomic E-state index is 0.130. The number of nitrogens with one attached hydrogen (secondary N) is 2. The van der Waals surface area contributed by atoms with E-state index in [1.165, 1.54) is 12.1 Å². The number of halogens is 1. The van der Waals surface area contributed by atoms with E-state index in [9.17, 15) is 12.8 Å². The minimum Gasteiger partial charge on any atom is -0.340 e. The van der Waals surface area contributed by atoms with E-state index in [-0.39, 0.29) is 28.6 Å². The molecule has 1 aromatic carbocycles. The van der Waals surface area contributed by atoms with Crippen LogP contribution in [0.5, 0.6) is 0 Å². The zero-order chi connectivity index (χ0) is 27.3. The van der Waals surface area contributed by atoms with Gasteiger partial charge >= 0.3 is 0 Å². The largest absolute Gasteiger partial charge is 0.340 e. The second-order valence-electron chi connectivity index (χ2n) is 11.3. The van der Waals surface area contributed by atoms with E-state index in [0.717, 1.165) is 17.6 Å². The van der Waals surface area contributed by atoms with Gasteiger partial charge in [-0.3, -0.25) is 4.57 Å². The summed E-state index contributed by atoms with van der Waals surface area (Å²) in [7, 11) is -3.76. The molecule has 0 bridgehead atoms. The lowest BCUT2D eigenvalue weighted by molar-refractivity contribution is 0.264. The van der Waals surface area contributed by atoms with Gasteiger partial charge in [0, 0.05) is 17.0 Å². The molecule has 3 aromatic heterocycles. The zero-order valence-corrected chi connectivity index (χ0v) is 23.2. The van der Waals surface area contributed by atoms with E-state index in [4.69, 9.17) is 14.3 Å². The molecule has 0 aliphatic rings. The topological polar surface area (TPSA) is 115 Å². The average Bonchev–Trinajstić information content (AvgIpc) is 3.38. The Balaban J connectivity index is 1.93. The number of pyridine rings is 1. The standard InChI is InChI=1S/C26H33FN6O3S/c1-15(25(2,3)4)33-22-19(29-24(33)32-36-37(8,34)35)14-13-18(28-22)21-20(16-9-11-17(27)12-10-16)30-23(31-21)26(5,6)7/h9-15H,1-8H3,(H,29,32)(H,30,31)/t15-/m1/s1. The Bertz CT molecular complexity index is 1540. The van der Waals surface area contributed by atoms with Crippen molar-refractivity contribution < 1.29 is 17.1 Å². The van der Waals surface area contributed by atoms with Gasteiger partial charge < -0.3 is 4.98 Å². The molecular formula is C26H33FN6O3S. The highest BCUT2D eigenvalue weighted by atomic mass is 32.2. The summed E-state index contributed by atoms with van der Waals surface area (Å²) in [5, 5.41) is 0. The van der Waals surface area contributed by atoms with Crippen LogP contribution in [0.25, 0.3) is 33.8 Å². The van der Waals surface area contributed by atoms with Gasteiger partial charge in [0.25, 0.3) is 10.1 Å². The molecular weight excluding hydrogens is 495 g/mol. The van der Waals surface area contributed by atoms with Crippen molar-refractivity contribution in [2.24, 2.45) is 5.41 Å². The summed E-state index contributed by atoms with van der Waals surface area (Å²) in [4.78, 5) is 17.8. The highest BCUT2D eigenvalue weighted by Crippen LogP contribution is 2.37.